The summed E-state index contributed by atoms with van der Waals surface area (Å²) in [7, 11) is 0. The van der Waals surface area contributed by atoms with Crippen molar-refractivity contribution < 1.29 is 18.7 Å². The minimum absolute atomic E-state index is 0.215. The van der Waals surface area contributed by atoms with Gasteiger partial charge in [-0.3, -0.25) is 10.1 Å². The Morgan fingerprint density at radius 1 is 1.24 bits per heavy atom. The van der Waals surface area contributed by atoms with Crippen LogP contribution in [-0.4, -0.2) is 27.5 Å². The number of anilines is 1. The summed E-state index contributed by atoms with van der Waals surface area (Å²) in [4.78, 5) is 28.6. The van der Waals surface area contributed by atoms with Crippen LogP contribution >= 0.6 is 27.5 Å². The molecule has 0 bridgehead atoms. The third-order valence-electron chi connectivity index (χ3n) is 5.58. The second kappa shape index (κ2) is 10.7. The molecular formula is C28H29BrClN3O4. The molecule has 0 saturated carbocycles. The highest BCUT2D eigenvalue weighted by Gasteiger charge is 2.22. The normalized spacial score (nSPS) is 11.8. The molecule has 0 fully saturated rings. The van der Waals surface area contributed by atoms with Gasteiger partial charge < -0.3 is 13.7 Å². The fraction of sp³-hybridized carbons (Fsp3) is 0.321. The summed E-state index contributed by atoms with van der Waals surface area (Å²) in [6.07, 6.45) is 0.909. The lowest BCUT2D eigenvalue weighted by Gasteiger charge is -2.20. The summed E-state index contributed by atoms with van der Waals surface area (Å²) in [5.41, 5.74) is 2.67. The van der Waals surface area contributed by atoms with Gasteiger partial charge in [0, 0.05) is 23.9 Å². The van der Waals surface area contributed by atoms with Crippen molar-refractivity contribution in [1.82, 2.24) is 9.55 Å². The molecule has 2 heterocycles. The maximum Gasteiger partial charge on any atom is 0.412 e. The number of hydrogen-bond acceptors (Lipinski definition) is 5. The molecule has 0 aliphatic rings. The van der Waals surface area contributed by atoms with Crippen LogP contribution in [0.4, 0.5) is 10.5 Å². The summed E-state index contributed by atoms with van der Waals surface area (Å²) in [5, 5.41) is 3.90. The predicted molar refractivity (Wildman–Crippen MR) is 149 cm³/mol. The molecule has 0 spiro atoms. The highest BCUT2D eigenvalue weighted by atomic mass is 79.9. The van der Waals surface area contributed by atoms with E-state index < -0.39 is 11.7 Å². The Hall–Kier alpha value is -3.10. The molecule has 194 valence electrons. The first-order chi connectivity index (χ1) is 17.5. The molecule has 0 saturated heterocycles. The van der Waals surface area contributed by atoms with Crippen LogP contribution in [0.2, 0.25) is 5.15 Å². The quantitative estimate of drug-likeness (QED) is 0.221. The van der Waals surface area contributed by atoms with E-state index in [1.54, 1.807) is 6.07 Å². The summed E-state index contributed by atoms with van der Waals surface area (Å²) < 4.78 is 14.2. The van der Waals surface area contributed by atoms with E-state index in [1.165, 1.54) is 0 Å². The van der Waals surface area contributed by atoms with Crippen LogP contribution in [0.1, 0.15) is 56.5 Å². The summed E-state index contributed by atoms with van der Waals surface area (Å²) in [6.45, 7) is 10.1. The molecule has 0 atom stereocenters. The smallest absolute Gasteiger partial charge is 0.412 e. The number of ether oxygens (including phenoxy) is 1. The zero-order chi connectivity index (χ0) is 26.9. The highest BCUT2D eigenvalue weighted by molar-refractivity contribution is 9.10. The molecule has 2 aromatic heterocycles. The second-order valence-corrected chi connectivity index (χ2v) is 11.4. The number of fused-ring (bicyclic) bond motifs is 1. The topological polar surface area (TPSA) is 86.4 Å². The maximum absolute atomic E-state index is 12.4. The molecule has 37 heavy (non-hydrogen) atoms. The second-order valence-electron chi connectivity index (χ2n) is 10.3. The fourth-order valence-corrected chi connectivity index (χ4v) is 4.91. The molecule has 7 nitrogen and oxygen atoms in total. The Kier molecular flexibility index (Phi) is 7.80. The standard InChI is InChI=1S/C28H29BrClN3O4/c1-16(2)12-23-32-26(30)21(15-34)33(23)14-17-10-11-22-19(13-17)24(29)25(36-22)18-8-6-7-9-20(18)31-27(35)37-28(3,4)5/h6-11,13,15-16H,12,14H2,1-5H3,(H,31,35). The van der Waals surface area contributed by atoms with Crippen LogP contribution < -0.4 is 5.32 Å². The van der Waals surface area contributed by atoms with E-state index >= 15 is 0 Å². The number of carbonyl (C=O) groups excluding carboxylic acids is 2. The van der Waals surface area contributed by atoms with Gasteiger partial charge in [-0.05, 0) is 72.4 Å². The summed E-state index contributed by atoms with van der Waals surface area (Å²) >= 11 is 9.96. The average Bonchev–Trinajstić information content (AvgIpc) is 3.28. The molecule has 0 aliphatic carbocycles. The van der Waals surface area contributed by atoms with Gasteiger partial charge in [-0.2, -0.15) is 0 Å². The third kappa shape index (κ3) is 6.08. The Balaban J connectivity index is 1.70. The van der Waals surface area contributed by atoms with E-state index in [1.807, 2.05) is 61.7 Å². The number of carbonyl (C=O) groups is 2. The van der Waals surface area contributed by atoms with Gasteiger partial charge in [0.25, 0.3) is 0 Å². The Bertz CT molecular complexity index is 1470. The average molecular weight is 587 g/mol. The van der Waals surface area contributed by atoms with Crippen molar-refractivity contribution in [3.8, 4) is 11.3 Å². The van der Waals surface area contributed by atoms with Gasteiger partial charge >= 0.3 is 6.09 Å². The fourth-order valence-electron chi connectivity index (χ4n) is 4.06. The lowest BCUT2D eigenvalue weighted by atomic mass is 10.1. The maximum atomic E-state index is 12.4. The van der Waals surface area contributed by atoms with E-state index in [9.17, 15) is 9.59 Å². The molecule has 1 amide bonds. The zero-order valence-corrected chi connectivity index (χ0v) is 23.7. The molecule has 0 radical (unpaired) electrons. The monoisotopic (exact) mass is 585 g/mol. The Morgan fingerprint density at radius 2 is 1.97 bits per heavy atom. The van der Waals surface area contributed by atoms with Crippen LogP contribution in [0.25, 0.3) is 22.3 Å². The number of benzene rings is 2. The minimum atomic E-state index is -0.617. The molecule has 1 N–H and O–H groups in total. The summed E-state index contributed by atoms with van der Waals surface area (Å²) in [5.74, 6) is 1.72. The van der Waals surface area contributed by atoms with Crippen LogP contribution in [0, 0.1) is 5.92 Å². The van der Waals surface area contributed by atoms with Gasteiger partial charge in [0.05, 0.1) is 10.2 Å². The van der Waals surface area contributed by atoms with Crippen molar-refractivity contribution in [2.45, 2.75) is 53.2 Å². The van der Waals surface area contributed by atoms with Crippen molar-refractivity contribution in [2.75, 3.05) is 5.32 Å². The van der Waals surface area contributed by atoms with Crippen molar-refractivity contribution in [3.05, 3.63) is 69.2 Å². The van der Waals surface area contributed by atoms with E-state index in [2.05, 4.69) is 40.1 Å². The van der Waals surface area contributed by atoms with Crippen LogP contribution in [0.3, 0.4) is 0 Å². The summed E-state index contributed by atoms with van der Waals surface area (Å²) in [6, 6.07) is 13.2. The number of nitrogens with zero attached hydrogens (tertiary/aromatic N) is 2. The first-order valence-electron chi connectivity index (χ1n) is 12.0. The highest BCUT2D eigenvalue weighted by Crippen LogP contribution is 2.41. The van der Waals surface area contributed by atoms with Gasteiger partial charge in [-0.15, -0.1) is 0 Å². The van der Waals surface area contributed by atoms with Gasteiger partial charge in [0.15, 0.2) is 17.2 Å². The SMILES string of the molecule is CC(C)Cc1nc(Cl)c(C=O)n1Cc1ccc2oc(-c3ccccc3NC(=O)OC(C)(C)C)c(Br)c2c1. The van der Waals surface area contributed by atoms with Gasteiger partial charge in [-0.1, -0.05) is 43.6 Å². The predicted octanol–water partition coefficient (Wildman–Crippen LogP) is 8.12. The number of aldehydes is 1. The van der Waals surface area contributed by atoms with Gasteiger partial charge in [0.1, 0.15) is 22.7 Å². The van der Waals surface area contributed by atoms with E-state index in [0.717, 1.165) is 27.5 Å². The number of furan rings is 1. The Morgan fingerprint density at radius 3 is 2.65 bits per heavy atom. The van der Waals surface area contributed by atoms with Crippen LogP contribution in [0.5, 0.6) is 0 Å². The van der Waals surface area contributed by atoms with Gasteiger partial charge in [0.2, 0.25) is 0 Å². The first kappa shape index (κ1) is 26.9. The van der Waals surface area contributed by atoms with Crippen LogP contribution in [-0.2, 0) is 17.7 Å². The Labute approximate surface area is 229 Å². The van der Waals surface area contributed by atoms with Crippen LogP contribution in [0.15, 0.2) is 51.4 Å². The molecule has 0 unspecified atom stereocenters. The van der Waals surface area contributed by atoms with E-state index in [0.29, 0.717) is 47.2 Å². The van der Waals surface area contributed by atoms with Crippen molar-refractivity contribution >= 4 is 56.6 Å². The number of hydrogen-bond donors (Lipinski definition) is 1. The number of amides is 1. The van der Waals surface area contributed by atoms with Crippen molar-refractivity contribution in [1.29, 1.82) is 0 Å². The molecule has 4 rings (SSSR count). The lowest BCUT2D eigenvalue weighted by molar-refractivity contribution is 0.0636. The van der Waals surface area contributed by atoms with Crippen molar-refractivity contribution in [3.63, 3.8) is 0 Å². The lowest BCUT2D eigenvalue weighted by Crippen LogP contribution is -2.27. The van der Waals surface area contributed by atoms with E-state index in [4.69, 9.17) is 20.8 Å². The number of aromatic nitrogens is 2. The third-order valence-corrected chi connectivity index (χ3v) is 6.65. The molecule has 2 aromatic carbocycles. The molecule has 0 aliphatic heterocycles. The van der Waals surface area contributed by atoms with E-state index in [-0.39, 0.29) is 5.15 Å². The first-order valence-corrected chi connectivity index (χ1v) is 13.1. The number of halogens is 2. The number of rotatable bonds is 7. The molecule has 4 aromatic rings. The van der Waals surface area contributed by atoms with Crippen molar-refractivity contribution in [2.24, 2.45) is 5.92 Å². The zero-order valence-electron chi connectivity index (χ0n) is 21.4. The number of imidazole rings is 1. The largest absolute Gasteiger partial charge is 0.455 e. The van der Waals surface area contributed by atoms with Gasteiger partial charge in [-0.25, -0.2) is 9.78 Å². The molecular weight excluding hydrogens is 558 g/mol. The number of nitrogens with one attached hydrogen (secondary N) is 1. The molecule has 9 heteroatoms. The minimum Gasteiger partial charge on any atom is -0.455 e. The number of para-hydroxylation sites is 1.